The van der Waals surface area contributed by atoms with Gasteiger partial charge < -0.3 is 10.3 Å². The smallest absolute Gasteiger partial charge is 0.230 e. The molecule has 1 rings (SSSR count). The maximum atomic E-state index is 11.0. The summed E-state index contributed by atoms with van der Waals surface area (Å²) >= 11 is 0. The number of carbonyl (C=O) groups excluding carboxylic acids is 1. The molecule has 0 radical (unpaired) electrons. The number of primary amides is 1. The van der Waals surface area contributed by atoms with E-state index in [-0.39, 0.29) is 5.91 Å². The summed E-state index contributed by atoms with van der Waals surface area (Å²) in [5.74, 6) is 0.326. The van der Waals surface area contributed by atoms with Gasteiger partial charge in [0, 0.05) is 19.4 Å². The Hall–Kier alpha value is -1.32. The van der Waals surface area contributed by atoms with E-state index in [1.807, 2.05) is 7.05 Å². The van der Waals surface area contributed by atoms with Gasteiger partial charge >= 0.3 is 0 Å². The van der Waals surface area contributed by atoms with Crippen LogP contribution in [0.4, 0.5) is 0 Å². The second-order valence-corrected chi connectivity index (χ2v) is 3.35. The molecule has 0 fully saturated rings. The maximum Gasteiger partial charge on any atom is 0.230 e. The van der Waals surface area contributed by atoms with Crippen molar-refractivity contribution >= 4 is 5.91 Å². The zero-order valence-corrected chi connectivity index (χ0v) is 7.53. The Labute approximate surface area is 71.4 Å². The van der Waals surface area contributed by atoms with Crippen LogP contribution in [-0.2, 0) is 17.3 Å². The molecule has 1 heterocycles. The molecule has 0 spiro atoms. The van der Waals surface area contributed by atoms with Crippen molar-refractivity contribution in [2.24, 2.45) is 12.8 Å². The molecule has 0 aliphatic heterocycles. The largest absolute Gasteiger partial charge is 0.369 e. The minimum Gasteiger partial charge on any atom is -0.369 e. The molecule has 0 atom stereocenters. The molecule has 1 aromatic heterocycles. The second-order valence-electron chi connectivity index (χ2n) is 3.35. The number of rotatable bonds is 2. The Morgan fingerprint density at radius 2 is 2.25 bits per heavy atom. The van der Waals surface area contributed by atoms with Gasteiger partial charge in [-0.2, -0.15) is 0 Å². The minimum atomic E-state index is -0.696. The van der Waals surface area contributed by atoms with E-state index in [0.29, 0.717) is 5.82 Å². The van der Waals surface area contributed by atoms with Crippen LogP contribution in [0.3, 0.4) is 0 Å². The highest BCUT2D eigenvalue weighted by atomic mass is 16.1. The highest BCUT2D eigenvalue weighted by molar-refractivity contribution is 5.84. The van der Waals surface area contributed by atoms with E-state index in [2.05, 4.69) is 4.98 Å². The molecule has 1 amide bonds. The number of hydrogen-bond donors (Lipinski definition) is 1. The predicted molar refractivity (Wildman–Crippen MR) is 45.4 cm³/mol. The van der Waals surface area contributed by atoms with Crippen LogP contribution in [0.5, 0.6) is 0 Å². The van der Waals surface area contributed by atoms with Crippen LogP contribution in [0.1, 0.15) is 19.7 Å². The lowest BCUT2D eigenvalue weighted by atomic mass is 9.92. The average Bonchev–Trinajstić information content (AvgIpc) is 2.35. The van der Waals surface area contributed by atoms with Crippen molar-refractivity contribution in [3.8, 4) is 0 Å². The maximum absolute atomic E-state index is 11.0. The van der Waals surface area contributed by atoms with Gasteiger partial charge in [-0.1, -0.05) is 0 Å². The molecule has 0 saturated heterocycles. The number of amides is 1. The number of nitrogens with two attached hydrogens (primary N) is 1. The number of aromatic nitrogens is 2. The molecule has 2 N–H and O–H groups in total. The van der Waals surface area contributed by atoms with Gasteiger partial charge in [-0.05, 0) is 13.8 Å². The fourth-order valence-corrected chi connectivity index (χ4v) is 1.08. The summed E-state index contributed by atoms with van der Waals surface area (Å²) in [6.45, 7) is 3.52. The van der Waals surface area contributed by atoms with Gasteiger partial charge in [0.25, 0.3) is 0 Å². The molecular weight excluding hydrogens is 154 g/mol. The molecule has 4 nitrogen and oxygen atoms in total. The summed E-state index contributed by atoms with van der Waals surface area (Å²) in [6.07, 6.45) is 3.44. The first kappa shape index (κ1) is 8.77. The lowest BCUT2D eigenvalue weighted by Gasteiger charge is -2.19. The van der Waals surface area contributed by atoms with E-state index in [9.17, 15) is 4.79 Å². The lowest BCUT2D eigenvalue weighted by molar-refractivity contribution is -0.122. The Balaban J connectivity index is 3.13. The van der Waals surface area contributed by atoms with Crippen LogP contribution in [0.15, 0.2) is 12.4 Å². The number of nitrogens with zero attached hydrogens (tertiary/aromatic N) is 2. The van der Waals surface area contributed by atoms with E-state index in [1.54, 1.807) is 30.8 Å². The summed E-state index contributed by atoms with van der Waals surface area (Å²) in [5.41, 5.74) is 4.54. The fourth-order valence-electron chi connectivity index (χ4n) is 1.08. The third kappa shape index (κ3) is 1.20. The number of imidazole rings is 1. The topological polar surface area (TPSA) is 60.9 Å². The van der Waals surface area contributed by atoms with Gasteiger partial charge in [0.15, 0.2) is 0 Å². The van der Waals surface area contributed by atoms with Crippen molar-refractivity contribution in [3.05, 3.63) is 18.2 Å². The number of carbonyl (C=O) groups is 1. The molecule has 0 bridgehead atoms. The van der Waals surface area contributed by atoms with Gasteiger partial charge in [0.1, 0.15) is 11.2 Å². The first-order chi connectivity index (χ1) is 5.46. The molecule has 0 aromatic carbocycles. The monoisotopic (exact) mass is 167 g/mol. The first-order valence-corrected chi connectivity index (χ1v) is 3.74. The Bertz CT molecular complexity index is 301. The standard InChI is InChI=1S/C8H13N3O/c1-8(2,6(9)12)7-10-4-5-11(7)3/h4-5H,1-3H3,(H2,9,12). The number of aryl methyl sites for hydroxylation is 1. The SMILES string of the molecule is Cn1ccnc1C(C)(C)C(N)=O. The summed E-state index contributed by atoms with van der Waals surface area (Å²) in [4.78, 5) is 15.1. The Morgan fingerprint density at radius 1 is 1.67 bits per heavy atom. The van der Waals surface area contributed by atoms with E-state index >= 15 is 0 Å². The van der Waals surface area contributed by atoms with Crippen molar-refractivity contribution in [2.45, 2.75) is 19.3 Å². The predicted octanol–water partition coefficient (Wildman–Crippen LogP) is 0.183. The van der Waals surface area contributed by atoms with Crippen molar-refractivity contribution < 1.29 is 4.79 Å². The minimum absolute atomic E-state index is 0.364. The molecule has 1 aromatic rings. The van der Waals surface area contributed by atoms with Gasteiger partial charge in [-0.15, -0.1) is 0 Å². The summed E-state index contributed by atoms with van der Waals surface area (Å²) in [5, 5.41) is 0. The van der Waals surface area contributed by atoms with Gasteiger partial charge in [-0.3, -0.25) is 4.79 Å². The van der Waals surface area contributed by atoms with Crippen molar-refractivity contribution in [3.63, 3.8) is 0 Å². The zero-order valence-electron chi connectivity index (χ0n) is 7.53. The molecule has 4 heteroatoms. The third-order valence-electron chi connectivity index (χ3n) is 2.00. The first-order valence-electron chi connectivity index (χ1n) is 3.74. The van der Waals surface area contributed by atoms with Crippen LogP contribution < -0.4 is 5.73 Å². The van der Waals surface area contributed by atoms with Crippen molar-refractivity contribution in [1.82, 2.24) is 9.55 Å². The van der Waals surface area contributed by atoms with E-state index in [0.717, 1.165) is 0 Å². The van der Waals surface area contributed by atoms with Crippen LogP contribution in [0, 0.1) is 0 Å². The molecular formula is C8H13N3O. The highest BCUT2D eigenvalue weighted by Crippen LogP contribution is 2.19. The summed E-state index contributed by atoms with van der Waals surface area (Å²) < 4.78 is 1.80. The molecule has 0 aliphatic carbocycles. The fraction of sp³-hybridized carbons (Fsp3) is 0.500. The summed E-state index contributed by atoms with van der Waals surface area (Å²) in [6, 6.07) is 0. The molecule has 12 heavy (non-hydrogen) atoms. The van der Waals surface area contributed by atoms with E-state index in [4.69, 9.17) is 5.73 Å². The van der Waals surface area contributed by atoms with Crippen LogP contribution in [-0.4, -0.2) is 15.5 Å². The molecule has 66 valence electrons. The van der Waals surface area contributed by atoms with Gasteiger partial charge in [0.2, 0.25) is 5.91 Å². The van der Waals surface area contributed by atoms with E-state index in [1.165, 1.54) is 0 Å². The number of hydrogen-bond acceptors (Lipinski definition) is 2. The second kappa shape index (κ2) is 2.62. The highest BCUT2D eigenvalue weighted by Gasteiger charge is 2.30. The van der Waals surface area contributed by atoms with Crippen LogP contribution >= 0.6 is 0 Å². The Morgan fingerprint density at radius 3 is 2.58 bits per heavy atom. The van der Waals surface area contributed by atoms with Crippen LogP contribution in [0.25, 0.3) is 0 Å². The Kier molecular flexibility index (Phi) is 1.92. The average molecular weight is 167 g/mol. The van der Waals surface area contributed by atoms with Gasteiger partial charge in [-0.25, -0.2) is 4.98 Å². The lowest BCUT2D eigenvalue weighted by Crippen LogP contribution is -2.37. The van der Waals surface area contributed by atoms with Crippen molar-refractivity contribution in [2.75, 3.05) is 0 Å². The van der Waals surface area contributed by atoms with Gasteiger partial charge in [0.05, 0.1) is 0 Å². The molecule has 0 aliphatic rings. The van der Waals surface area contributed by atoms with Crippen LogP contribution in [0.2, 0.25) is 0 Å². The molecule has 0 saturated carbocycles. The third-order valence-corrected chi connectivity index (χ3v) is 2.00. The quantitative estimate of drug-likeness (QED) is 0.683. The normalized spacial score (nSPS) is 11.6. The molecule has 0 unspecified atom stereocenters. The van der Waals surface area contributed by atoms with E-state index < -0.39 is 5.41 Å². The van der Waals surface area contributed by atoms with Crippen molar-refractivity contribution in [1.29, 1.82) is 0 Å². The zero-order chi connectivity index (χ0) is 9.35. The summed E-state index contributed by atoms with van der Waals surface area (Å²) in [7, 11) is 1.84.